The SMILES string of the molecule is CCOC(=O)c1nnc(C)n1CCC1CCN(C)CC1. The lowest BCUT2D eigenvalue weighted by Gasteiger charge is -2.29. The Morgan fingerprint density at radius 1 is 1.35 bits per heavy atom. The smallest absolute Gasteiger partial charge is 0.376 e. The lowest BCUT2D eigenvalue weighted by atomic mass is 9.94. The van der Waals surface area contributed by atoms with E-state index in [2.05, 4.69) is 22.1 Å². The highest BCUT2D eigenvalue weighted by Crippen LogP contribution is 2.20. The highest BCUT2D eigenvalue weighted by molar-refractivity contribution is 5.85. The van der Waals surface area contributed by atoms with Gasteiger partial charge in [0.25, 0.3) is 0 Å². The number of likely N-dealkylation sites (tertiary alicyclic amines) is 1. The summed E-state index contributed by atoms with van der Waals surface area (Å²) in [6.07, 6.45) is 3.53. The summed E-state index contributed by atoms with van der Waals surface area (Å²) in [5.74, 6) is 1.46. The molecule has 2 rings (SSSR count). The number of hydrogen-bond acceptors (Lipinski definition) is 5. The predicted octanol–water partition coefficient (Wildman–Crippen LogP) is 1.50. The fraction of sp³-hybridized carbons (Fsp3) is 0.786. The minimum absolute atomic E-state index is 0.331. The molecule has 0 spiro atoms. The van der Waals surface area contributed by atoms with Crippen LogP contribution >= 0.6 is 0 Å². The first-order valence-electron chi connectivity index (χ1n) is 7.37. The summed E-state index contributed by atoms with van der Waals surface area (Å²) in [5, 5.41) is 7.94. The Morgan fingerprint density at radius 2 is 2.05 bits per heavy atom. The molecule has 1 fully saturated rings. The fourth-order valence-electron chi connectivity index (χ4n) is 2.66. The lowest BCUT2D eigenvalue weighted by molar-refractivity contribution is 0.0504. The molecule has 0 atom stereocenters. The van der Waals surface area contributed by atoms with Crippen LogP contribution in [0.25, 0.3) is 0 Å². The topological polar surface area (TPSA) is 60.2 Å². The van der Waals surface area contributed by atoms with Gasteiger partial charge in [-0.1, -0.05) is 0 Å². The number of carbonyl (C=O) groups is 1. The number of ether oxygens (including phenoxy) is 1. The van der Waals surface area contributed by atoms with Crippen molar-refractivity contribution in [2.24, 2.45) is 5.92 Å². The molecule has 0 aromatic carbocycles. The molecule has 1 saturated heterocycles. The van der Waals surface area contributed by atoms with Crippen molar-refractivity contribution in [2.75, 3.05) is 26.7 Å². The number of aromatic nitrogens is 3. The Balaban J connectivity index is 1.95. The van der Waals surface area contributed by atoms with Gasteiger partial charge in [0.2, 0.25) is 5.82 Å². The number of nitrogens with zero attached hydrogens (tertiary/aromatic N) is 4. The van der Waals surface area contributed by atoms with Gasteiger partial charge in [0, 0.05) is 6.54 Å². The van der Waals surface area contributed by atoms with Crippen LogP contribution in [0, 0.1) is 12.8 Å². The molecular weight excluding hydrogens is 256 g/mol. The van der Waals surface area contributed by atoms with Gasteiger partial charge in [0.15, 0.2) is 0 Å². The second-order valence-electron chi connectivity index (χ2n) is 5.48. The minimum atomic E-state index is -0.378. The third kappa shape index (κ3) is 3.56. The van der Waals surface area contributed by atoms with Gasteiger partial charge in [0.05, 0.1) is 6.61 Å². The molecule has 6 nitrogen and oxygen atoms in total. The summed E-state index contributed by atoms with van der Waals surface area (Å²) in [4.78, 5) is 14.2. The van der Waals surface area contributed by atoms with Crippen molar-refractivity contribution in [3.05, 3.63) is 11.6 Å². The largest absolute Gasteiger partial charge is 0.460 e. The van der Waals surface area contributed by atoms with Gasteiger partial charge in [-0.25, -0.2) is 4.79 Å². The molecule has 1 aromatic heterocycles. The van der Waals surface area contributed by atoms with Gasteiger partial charge >= 0.3 is 5.97 Å². The van der Waals surface area contributed by atoms with Crippen molar-refractivity contribution in [1.29, 1.82) is 0 Å². The summed E-state index contributed by atoms with van der Waals surface area (Å²) in [7, 11) is 2.17. The zero-order valence-electron chi connectivity index (χ0n) is 12.6. The molecule has 1 aliphatic heterocycles. The zero-order valence-corrected chi connectivity index (χ0v) is 12.6. The Labute approximate surface area is 120 Å². The Hall–Kier alpha value is -1.43. The minimum Gasteiger partial charge on any atom is -0.460 e. The van der Waals surface area contributed by atoms with Gasteiger partial charge in [-0.15, -0.1) is 10.2 Å². The Morgan fingerprint density at radius 3 is 2.70 bits per heavy atom. The maximum absolute atomic E-state index is 11.8. The van der Waals surface area contributed by atoms with E-state index in [1.165, 1.54) is 12.8 Å². The number of carbonyl (C=O) groups excluding carboxylic acids is 1. The average Bonchev–Trinajstić information content (AvgIpc) is 2.80. The molecule has 0 N–H and O–H groups in total. The third-order valence-electron chi connectivity index (χ3n) is 3.99. The predicted molar refractivity (Wildman–Crippen MR) is 75.6 cm³/mol. The van der Waals surface area contributed by atoms with Crippen LogP contribution in [0.3, 0.4) is 0 Å². The molecule has 1 aromatic rings. The molecule has 0 saturated carbocycles. The van der Waals surface area contributed by atoms with Crippen molar-refractivity contribution in [3.63, 3.8) is 0 Å². The van der Waals surface area contributed by atoms with Crippen LogP contribution in [0.1, 0.15) is 42.6 Å². The fourth-order valence-corrected chi connectivity index (χ4v) is 2.66. The normalized spacial score (nSPS) is 17.4. The highest BCUT2D eigenvalue weighted by atomic mass is 16.5. The van der Waals surface area contributed by atoms with Crippen LogP contribution in [0.4, 0.5) is 0 Å². The van der Waals surface area contributed by atoms with Gasteiger partial charge < -0.3 is 14.2 Å². The summed E-state index contributed by atoms with van der Waals surface area (Å²) in [6, 6.07) is 0. The van der Waals surface area contributed by atoms with E-state index in [4.69, 9.17) is 4.74 Å². The van der Waals surface area contributed by atoms with E-state index in [1.54, 1.807) is 6.92 Å². The molecule has 2 heterocycles. The van der Waals surface area contributed by atoms with Crippen molar-refractivity contribution >= 4 is 5.97 Å². The van der Waals surface area contributed by atoms with Crippen molar-refractivity contribution in [1.82, 2.24) is 19.7 Å². The molecule has 0 radical (unpaired) electrons. The van der Waals surface area contributed by atoms with E-state index in [1.807, 2.05) is 11.5 Å². The Bertz CT molecular complexity index is 450. The van der Waals surface area contributed by atoms with E-state index >= 15 is 0 Å². The number of aryl methyl sites for hydroxylation is 1. The zero-order chi connectivity index (χ0) is 14.5. The summed E-state index contributed by atoms with van der Waals surface area (Å²) < 4.78 is 6.90. The number of esters is 1. The number of rotatable bonds is 5. The maximum atomic E-state index is 11.8. The van der Waals surface area contributed by atoms with E-state index in [0.717, 1.165) is 37.8 Å². The standard InChI is InChI=1S/C14H24N4O2/c1-4-20-14(19)13-16-15-11(2)18(13)10-7-12-5-8-17(3)9-6-12/h12H,4-10H2,1-3H3. The third-order valence-corrected chi connectivity index (χ3v) is 3.99. The maximum Gasteiger partial charge on any atom is 0.376 e. The first kappa shape index (κ1) is 15.0. The first-order chi connectivity index (χ1) is 9.61. The second-order valence-corrected chi connectivity index (χ2v) is 5.48. The van der Waals surface area contributed by atoms with E-state index in [9.17, 15) is 4.79 Å². The van der Waals surface area contributed by atoms with Crippen molar-refractivity contribution in [3.8, 4) is 0 Å². The van der Waals surface area contributed by atoms with E-state index in [-0.39, 0.29) is 5.97 Å². The van der Waals surface area contributed by atoms with Gasteiger partial charge in [0.1, 0.15) is 5.82 Å². The van der Waals surface area contributed by atoms with E-state index in [0.29, 0.717) is 12.4 Å². The molecule has 0 unspecified atom stereocenters. The Kier molecular flexibility index (Phi) is 5.11. The molecule has 112 valence electrons. The van der Waals surface area contributed by atoms with Crippen LogP contribution < -0.4 is 0 Å². The first-order valence-corrected chi connectivity index (χ1v) is 7.37. The quantitative estimate of drug-likeness (QED) is 0.765. The summed E-state index contributed by atoms with van der Waals surface area (Å²) in [5.41, 5.74) is 0. The van der Waals surface area contributed by atoms with Crippen molar-refractivity contribution in [2.45, 2.75) is 39.7 Å². The number of piperidine rings is 1. The molecule has 1 aliphatic rings. The van der Waals surface area contributed by atoms with Gasteiger partial charge in [-0.2, -0.15) is 0 Å². The highest BCUT2D eigenvalue weighted by Gasteiger charge is 2.20. The molecule has 20 heavy (non-hydrogen) atoms. The summed E-state index contributed by atoms with van der Waals surface area (Å²) >= 11 is 0. The van der Waals surface area contributed by atoms with Crippen LogP contribution in [-0.2, 0) is 11.3 Å². The monoisotopic (exact) mass is 280 g/mol. The lowest BCUT2D eigenvalue weighted by Crippen LogP contribution is -2.30. The van der Waals surface area contributed by atoms with E-state index < -0.39 is 0 Å². The van der Waals surface area contributed by atoms with Crippen LogP contribution in [-0.4, -0.2) is 52.4 Å². The number of hydrogen-bond donors (Lipinski definition) is 0. The van der Waals surface area contributed by atoms with Crippen LogP contribution in [0.2, 0.25) is 0 Å². The van der Waals surface area contributed by atoms with Crippen LogP contribution in [0.15, 0.2) is 0 Å². The van der Waals surface area contributed by atoms with Crippen LogP contribution in [0.5, 0.6) is 0 Å². The molecule has 6 heteroatoms. The molecule has 0 amide bonds. The average molecular weight is 280 g/mol. The molecular formula is C14H24N4O2. The van der Waals surface area contributed by atoms with Crippen molar-refractivity contribution < 1.29 is 9.53 Å². The van der Waals surface area contributed by atoms with Gasteiger partial charge in [-0.05, 0) is 59.2 Å². The molecule has 0 bridgehead atoms. The van der Waals surface area contributed by atoms with Gasteiger partial charge in [-0.3, -0.25) is 0 Å². The summed E-state index contributed by atoms with van der Waals surface area (Å²) in [6.45, 7) is 7.16. The molecule has 0 aliphatic carbocycles. The second kappa shape index (κ2) is 6.83.